The standard InChI is InChI=1S/C22H27N5O2S/c1-12-17-20(24-10-16-9-13-2-3-15(16)8-13)25-11-26-21(17)30-18(12)22(29)27-6-4-14(5-7-27)19(23)28/h2-3,11,13-16H,4-10H2,1H3,(H2,23,28)(H,24,25,26)/t13-,15+,16-/m0/s1. The van der Waals surface area contributed by atoms with Crippen molar-refractivity contribution in [2.45, 2.75) is 32.6 Å². The smallest absolute Gasteiger partial charge is 0.264 e. The predicted molar refractivity (Wildman–Crippen MR) is 117 cm³/mol. The Morgan fingerprint density at radius 2 is 2.03 bits per heavy atom. The van der Waals surface area contributed by atoms with E-state index in [-0.39, 0.29) is 17.7 Å². The lowest BCUT2D eigenvalue weighted by Gasteiger charge is -2.30. The second-order valence-corrected chi connectivity index (χ2v) is 9.85. The topological polar surface area (TPSA) is 101 Å². The van der Waals surface area contributed by atoms with E-state index in [4.69, 9.17) is 5.73 Å². The molecule has 2 amide bonds. The molecule has 158 valence electrons. The molecule has 1 saturated carbocycles. The minimum atomic E-state index is -0.267. The third kappa shape index (κ3) is 3.37. The van der Waals surface area contributed by atoms with Gasteiger partial charge in [-0.15, -0.1) is 11.3 Å². The van der Waals surface area contributed by atoms with Crippen molar-refractivity contribution in [1.82, 2.24) is 14.9 Å². The molecular formula is C22H27N5O2S. The van der Waals surface area contributed by atoms with E-state index in [1.807, 2.05) is 11.8 Å². The molecule has 0 spiro atoms. The molecule has 5 rings (SSSR count). The molecule has 2 bridgehead atoms. The molecule has 3 heterocycles. The van der Waals surface area contributed by atoms with E-state index in [9.17, 15) is 9.59 Å². The summed E-state index contributed by atoms with van der Waals surface area (Å²) < 4.78 is 0. The Bertz CT molecular complexity index is 1020. The van der Waals surface area contributed by atoms with Gasteiger partial charge in [-0.05, 0) is 55.9 Å². The number of nitrogens with zero attached hydrogens (tertiary/aromatic N) is 3. The van der Waals surface area contributed by atoms with Gasteiger partial charge in [-0.3, -0.25) is 9.59 Å². The number of rotatable bonds is 5. The number of carbonyl (C=O) groups is 2. The first-order valence-corrected chi connectivity index (χ1v) is 11.6. The second kappa shape index (κ2) is 7.65. The summed E-state index contributed by atoms with van der Waals surface area (Å²) in [6.45, 7) is 4.01. The minimum absolute atomic E-state index is 0.0163. The van der Waals surface area contributed by atoms with E-state index >= 15 is 0 Å². The highest BCUT2D eigenvalue weighted by Crippen LogP contribution is 2.43. The summed E-state index contributed by atoms with van der Waals surface area (Å²) >= 11 is 1.43. The van der Waals surface area contributed by atoms with Gasteiger partial charge < -0.3 is 16.0 Å². The molecule has 0 aromatic carbocycles. The quantitative estimate of drug-likeness (QED) is 0.717. The lowest BCUT2D eigenvalue weighted by Crippen LogP contribution is -2.41. The molecule has 7 nitrogen and oxygen atoms in total. The number of anilines is 1. The van der Waals surface area contributed by atoms with Crippen LogP contribution in [0.15, 0.2) is 18.5 Å². The fraction of sp³-hybridized carbons (Fsp3) is 0.545. The Hall–Kier alpha value is -2.48. The van der Waals surface area contributed by atoms with E-state index in [1.165, 1.54) is 24.2 Å². The van der Waals surface area contributed by atoms with Gasteiger partial charge in [-0.25, -0.2) is 9.97 Å². The lowest BCUT2D eigenvalue weighted by molar-refractivity contribution is -0.123. The summed E-state index contributed by atoms with van der Waals surface area (Å²) in [7, 11) is 0. The zero-order chi connectivity index (χ0) is 20.8. The third-order valence-electron chi connectivity index (χ3n) is 7.05. The van der Waals surface area contributed by atoms with Gasteiger partial charge in [0.1, 0.15) is 17.0 Å². The molecule has 2 aromatic rings. The van der Waals surface area contributed by atoms with Crippen LogP contribution in [0.25, 0.3) is 10.2 Å². The number of piperidine rings is 1. The van der Waals surface area contributed by atoms with E-state index in [2.05, 4.69) is 27.4 Å². The number of carbonyl (C=O) groups excluding carboxylic acids is 2. The normalized spacial score (nSPS) is 25.9. The summed E-state index contributed by atoms with van der Waals surface area (Å²) in [5.74, 6) is 2.53. The van der Waals surface area contributed by atoms with E-state index < -0.39 is 0 Å². The number of likely N-dealkylation sites (tertiary alicyclic amines) is 1. The van der Waals surface area contributed by atoms with Gasteiger partial charge in [0.2, 0.25) is 5.91 Å². The minimum Gasteiger partial charge on any atom is -0.369 e. The van der Waals surface area contributed by atoms with Crippen LogP contribution in [0.1, 0.15) is 40.9 Å². The van der Waals surface area contributed by atoms with Crippen LogP contribution in [-0.4, -0.2) is 46.3 Å². The number of nitrogens with one attached hydrogen (secondary N) is 1. The third-order valence-corrected chi connectivity index (χ3v) is 8.24. The Balaban J connectivity index is 1.34. The van der Waals surface area contributed by atoms with Crippen LogP contribution < -0.4 is 11.1 Å². The Labute approximate surface area is 179 Å². The molecule has 3 aliphatic rings. The molecule has 3 atom stereocenters. The zero-order valence-corrected chi connectivity index (χ0v) is 18.0. The number of primary amides is 1. The van der Waals surface area contributed by atoms with Crippen molar-refractivity contribution in [3.8, 4) is 0 Å². The summed E-state index contributed by atoms with van der Waals surface area (Å²) in [6.07, 6.45) is 10.1. The Morgan fingerprint density at radius 1 is 1.23 bits per heavy atom. The number of nitrogens with two attached hydrogens (primary N) is 1. The lowest BCUT2D eigenvalue weighted by atomic mass is 9.93. The van der Waals surface area contributed by atoms with Crippen molar-refractivity contribution < 1.29 is 9.59 Å². The first kappa shape index (κ1) is 19.5. The highest BCUT2D eigenvalue weighted by atomic mass is 32.1. The molecular weight excluding hydrogens is 398 g/mol. The van der Waals surface area contributed by atoms with Gasteiger partial charge in [-0.1, -0.05) is 12.2 Å². The fourth-order valence-corrected chi connectivity index (χ4v) is 6.39. The van der Waals surface area contributed by atoms with Crippen molar-refractivity contribution in [2.75, 3.05) is 25.0 Å². The summed E-state index contributed by atoms with van der Waals surface area (Å²) in [4.78, 5) is 36.9. The maximum absolute atomic E-state index is 13.2. The first-order chi connectivity index (χ1) is 14.5. The molecule has 3 N–H and O–H groups in total. The van der Waals surface area contributed by atoms with Gasteiger partial charge in [0.15, 0.2) is 0 Å². The molecule has 1 saturated heterocycles. The molecule has 1 aliphatic heterocycles. The van der Waals surface area contributed by atoms with E-state index in [0.717, 1.165) is 34.1 Å². The van der Waals surface area contributed by atoms with Crippen molar-refractivity contribution >= 4 is 39.2 Å². The summed E-state index contributed by atoms with van der Waals surface area (Å²) in [5, 5.41) is 4.51. The maximum Gasteiger partial charge on any atom is 0.264 e. The average molecular weight is 426 g/mol. The maximum atomic E-state index is 13.2. The van der Waals surface area contributed by atoms with Crippen molar-refractivity contribution in [2.24, 2.45) is 29.4 Å². The molecule has 2 fully saturated rings. The van der Waals surface area contributed by atoms with Crippen LogP contribution in [0.4, 0.5) is 5.82 Å². The molecule has 8 heteroatoms. The molecule has 30 heavy (non-hydrogen) atoms. The van der Waals surface area contributed by atoms with Gasteiger partial charge in [0.25, 0.3) is 5.91 Å². The molecule has 2 aromatic heterocycles. The van der Waals surface area contributed by atoms with Crippen LogP contribution in [0.3, 0.4) is 0 Å². The Morgan fingerprint density at radius 3 is 2.70 bits per heavy atom. The molecule has 0 radical (unpaired) electrons. The number of aromatic nitrogens is 2. The van der Waals surface area contributed by atoms with Gasteiger partial charge in [-0.2, -0.15) is 0 Å². The van der Waals surface area contributed by atoms with Crippen molar-refractivity contribution in [3.05, 3.63) is 28.9 Å². The predicted octanol–water partition coefficient (Wildman–Crippen LogP) is 2.96. The number of fused-ring (bicyclic) bond motifs is 3. The van der Waals surface area contributed by atoms with Gasteiger partial charge >= 0.3 is 0 Å². The average Bonchev–Trinajstić information content (AvgIpc) is 3.46. The van der Waals surface area contributed by atoms with Crippen molar-refractivity contribution in [1.29, 1.82) is 0 Å². The van der Waals surface area contributed by atoms with Crippen LogP contribution >= 0.6 is 11.3 Å². The summed E-state index contributed by atoms with van der Waals surface area (Å²) in [5.41, 5.74) is 6.36. The first-order valence-electron chi connectivity index (χ1n) is 10.8. The number of aryl methyl sites for hydroxylation is 1. The number of hydrogen-bond acceptors (Lipinski definition) is 6. The second-order valence-electron chi connectivity index (χ2n) is 8.85. The van der Waals surface area contributed by atoms with E-state index in [0.29, 0.717) is 42.6 Å². The summed E-state index contributed by atoms with van der Waals surface area (Å²) in [6, 6.07) is 0. The largest absolute Gasteiger partial charge is 0.369 e. The van der Waals surface area contributed by atoms with Crippen LogP contribution in [-0.2, 0) is 4.79 Å². The zero-order valence-electron chi connectivity index (χ0n) is 17.1. The van der Waals surface area contributed by atoms with Crippen LogP contribution in [0.5, 0.6) is 0 Å². The van der Waals surface area contributed by atoms with Crippen LogP contribution in [0.2, 0.25) is 0 Å². The van der Waals surface area contributed by atoms with Gasteiger partial charge in [0, 0.05) is 25.6 Å². The number of hydrogen-bond donors (Lipinski definition) is 2. The Kier molecular flexibility index (Phi) is 4.97. The van der Waals surface area contributed by atoms with Crippen molar-refractivity contribution in [3.63, 3.8) is 0 Å². The highest BCUT2D eigenvalue weighted by Gasteiger charge is 2.35. The highest BCUT2D eigenvalue weighted by molar-refractivity contribution is 7.20. The number of thiophene rings is 1. The van der Waals surface area contributed by atoms with Crippen LogP contribution in [0, 0.1) is 30.6 Å². The molecule has 2 aliphatic carbocycles. The SMILES string of the molecule is Cc1c(C(=O)N2CCC(C(N)=O)CC2)sc2ncnc(NC[C@@H]3C[C@H]4C=C[C@@H]3C4)c12. The van der Waals surface area contributed by atoms with Gasteiger partial charge in [0.05, 0.1) is 10.3 Å². The molecule has 0 unspecified atom stereocenters. The van der Waals surface area contributed by atoms with E-state index in [1.54, 1.807) is 6.33 Å². The number of allylic oxidation sites excluding steroid dienone is 2. The fourth-order valence-electron chi connectivity index (χ4n) is 5.28. The monoisotopic (exact) mass is 425 g/mol. The number of amides is 2.